The van der Waals surface area contributed by atoms with Crippen LogP contribution in [0.4, 0.5) is 11.5 Å². The van der Waals surface area contributed by atoms with Crippen LogP contribution < -0.4 is 15.8 Å². The molecule has 1 aromatic rings. The van der Waals surface area contributed by atoms with Gasteiger partial charge in [0.25, 0.3) is 0 Å². The van der Waals surface area contributed by atoms with Crippen LogP contribution in [0.5, 0.6) is 5.88 Å². The first-order valence-corrected chi connectivity index (χ1v) is 5.44. The molecule has 5 nitrogen and oxygen atoms in total. The molecule has 3 N–H and O–H groups in total. The summed E-state index contributed by atoms with van der Waals surface area (Å²) in [5, 5.41) is 3.21. The van der Waals surface area contributed by atoms with Crippen molar-refractivity contribution in [1.29, 1.82) is 0 Å². The van der Waals surface area contributed by atoms with E-state index in [1.165, 1.54) is 6.33 Å². The minimum atomic E-state index is 0.412. The van der Waals surface area contributed by atoms with Gasteiger partial charge in [-0.2, -0.15) is 4.98 Å². The summed E-state index contributed by atoms with van der Waals surface area (Å²) < 4.78 is 5.02. The van der Waals surface area contributed by atoms with E-state index in [0.29, 0.717) is 29.2 Å². The first-order chi connectivity index (χ1) is 7.56. The van der Waals surface area contributed by atoms with E-state index in [2.05, 4.69) is 36.1 Å². The highest BCUT2D eigenvalue weighted by Crippen LogP contribution is 2.24. The first-order valence-electron chi connectivity index (χ1n) is 5.44. The molecule has 0 amide bonds. The van der Waals surface area contributed by atoms with Crippen molar-refractivity contribution in [2.24, 2.45) is 11.8 Å². The number of methoxy groups -OCH3 is 1. The van der Waals surface area contributed by atoms with Gasteiger partial charge in [0.05, 0.1) is 7.11 Å². The van der Waals surface area contributed by atoms with Gasteiger partial charge in [0.1, 0.15) is 12.0 Å². The van der Waals surface area contributed by atoms with Crippen LogP contribution in [0.1, 0.15) is 20.8 Å². The Kier molecular flexibility index (Phi) is 4.34. The number of hydrogen-bond donors (Lipinski definition) is 2. The molecule has 0 radical (unpaired) electrons. The second-order valence-electron chi connectivity index (χ2n) is 4.25. The maximum Gasteiger partial charge on any atom is 0.242 e. The van der Waals surface area contributed by atoms with Crippen LogP contribution in [0, 0.1) is 11.8 Å². The van der Waals surface area contributed by atoms with E-state index >= 15 is 0 Å². The van der Waals surface area contributed by atoms with Crippen molar-refractivity contribution < 1.29 is 4.74 Å². The van der Waals surface area contributed by atoms with Crippen LogP contribution in [-0.2, 0) is 0 Å². The molecular weight excluding hydrogens is 204 g/mol. The van der Waals surface area contributed by atoms with Crippen LogP contribution in [-0.4, -0.2) is 23.6 Å². The summed E-state index contributed by atoms with van der Waals surface area (Å²) in [5.41, 5.74) is 6.30. The molecule has 0 saturated heterocycles. The summed E-state index contributed by atoms with van der Waals surface area (Å²) in [5.74, 6) is 2.23. The van der Waals surface area contributed by atoms with Crippen molar-refractivity contribution >= 4 is 11.5 Å². The van der Waals surface area contributed by atoms with Gasteiger partial charge in [0, 0.05) is 6.54 Å². The predicted molar refractivity (Wildman–Crippen MR) is 65.5 cm³/mol. The van der Waals surface area contributed by atoms with Crippen molar-refractivity contribution in [1.82, 2.24) is 9.97 Å². The molecule has 0 aliphatic rings. The van der Waals surface area contributed by atoms with Crippen LogP contribution in [0.25, 0.3) is 0 Å². The minimum Gasteiger partial charge on any atom is -0.479 e. The first kappa shape index (κ1) is 12.5. The highest BCUT2D eigenvalue weighted by Gasteiger charge is 2.11. The van der Waals surface area contributed by atoms with E-state index in [0.717, 1.165) is 6.54 Å². The number of nitrogens with one attached hydrogen (secondary N) is 1. The number of hydrogen-bond acceptors (Lipinski definition) is 5. The number of nitrogen functional groups attached to an aromatic ring is 1. The fourth-order valence-corrected chi connectivity index (χ4v) is 1.18. The summed E-state index contributed by atoms with van der Waals surface area (Å²) in [4.78, 5) is 8.01. The van der Waals surface area contributed by atoms with E-state index in [1.54, 1.807) is 7.11 Å². The summed E-state index contributed by atoms with van der Waals surface area (Å²) in [6.45, 7) is 7.40. The summed E-state index contributed by atoms with van der Waals surface area (Å²) >= 11 is 0. The molecule has 1 heterocycles. The third-order valence-electron chi connectivity index (χ3n) is 2.77. The van der Waals surface area contributed by atoms with Gasteiger partial charge < -0.3 is 15.8 Å². The maximum absolute atomic E-state index is 5.84. The summed E-state index contributed by atoms with van der Waals surface area (Å²) in [7, 11) is 1.54. The Hall–Kier alpha value is -1.52. The van der Waals surface area contributed by atoms with Crippen LogP contribution in [0.15, 0.2) is 6.33 Å². The molecule has 1 rings (SSSR count). The Labute approximate surface area is 96.4 Å². The second kappa shape index (κ2) is 5.53. The average Bonchev–Trinajstić information content (AvgIpc) is 2.27. The molecule has 5 heteroatoms. The average molecular weight is 224 g/mol. The normalized spacial score (nSPS) is 12.6. The molecule has 0 bridgehead atoms. The monoisotopic (exact) mass is 224 g/mol. The third-order valence-corrected chi connectivity index (χ3v) is 2.77. The highest BCUT2D eigenvalue weighted by molar-refractivity contribution is 5.66. The van der Waals surface area contributed by atoms with Gasteiger partial charge in [-0.15, -0.1) is 0 Å². The number of nitrogens with zero attached hydrogens (tertiary/aromatic N) is 2. The number of rotatable bonds is 5. The van der Waals surface area contributed by atoms with Gasteiger partial charge >= 0.3 is 0 Å². The number of ether oxygens (including phenoxy) is 1. The molecule has 0 aromatic carbocycles. The lowest BCUT2D eigenvalue weighted by molar-refractivity contribution is 0.399. The van der Waals surface area contributed by atoms with E-state index < -0.39 is 0 Å². The Balaban J connectivity index is 2.67. The molecule has 0 fully saturated rings. The quantitative estimate of drug-likeness (QED) is 0.797. The summed E-state index contributed by atoms with van der Waals surface area (Å²) in [6.07, 6.45) is 1.44. The molecule has 1 unspecified atom stereocenters. The smallest absolute Gasteiger partial charge is 0.242 e. The predicted octanol–water partition coefficient (Wildman–Crippen LogP) is 1.77. The van der Waals surface area contributed by atoms with E-state index in [9.17, 15) is 0 Å². The van der Waals surface area contributed by atoms with Gasteiger partial charge in [0.15, 0.2) is 5.82 Å². The standard InChI is InChI=1S/C11H20N4O/c1-7(2)8(3)5-13-10-9(12)11(16-4)15-6-14-10/h6-8H,5,12H2,1-4H3,(H,13,14,15). The molecule has 16 heavy (non-hydrogen) atoms. The Morgan fingerprint density at radius 3 is 2.62 bits per heavy atom. The molecule has 0 saturated carbocycles. The van der Waals surface area contributed by atoms with Gasteiger partial charge in [-0.1, -0.05) is 20.8 Å². The van der Waals surface area contributed by atoms with E-state index in [4.69, 9.17) is 10.5 Å². The van der Waals surface area contributed by atoms with Crippen molar-refractivity contribution in [2.45, 2.75) is 20.8 Å². The Bertz CT molecular complexity index is 341. The van der Waals surface area contributed by atoms with Crippen molar-refractivity contribution in [2.75, 3.05) is 24.7 Å². The molecule has 0 spiro atoms. The van der Waals surface area contributed by atoms with Crippen LogP contribution in [0.3, 0.4) is 0 Å². The van der Waals surface area contributed by atoms with Crippen LogP contribution >= 0.6 is 0 Å². The number of anilines is 2. The third kappa shape index (κ3) is 2.98. The molecular formula is C11H20N4O. The number of aromatic nitrogens is 2. The highest BCUT2D eigenvalue weighted by atomic mass is 16.5. The van der Waals surface area contributed by atoms with Crippen molar-refractivity contribution in [3.63, 3.8) is 0 Å². The zero-order chi connectivity index (χ0) is 12.1. The Morgan fingerprint density at radius 2 is 2.06 bits per heavy atom. The second-order valence-corrected chi connectivity index (χ2v) is 4.25. The minimum absolute atomic E-state index is 0.412. The lowest BCUT2D eigenvalue weighted by Gasteiger charge is -2.17. The SMILES string of the molecule is COc1ncnc(NCC(C)C(C)C)c1N. The molecule has 0 aliphatic carbocycles. The van der Waals surface area contributed by atoms with Gasteiger partial charge in [-0.05, 0) is 11.8 Å². The molecule has 90 valence electrons. The topological polar surface area (TPSA) is 73.1 Å². The van der Waals surface area contributed by atoms with Gasteiger partial charge in [-0.25, -0.2) is 4.98 Å². The van der Waals surface area contributed by atoms with E-state index in [-0.39, 0.29) is 0 Å². The molecule has 1 aromatic heterocycles. The van der Waals surface area contributed by atoms with Crippen molar-refractivity contribution in [3.8, 4) is 5.88 Å². The lowest BCUT2D eigenvalue weighted by Crippen LogP contribution is -2.18. The largest absolute Gasteiger partial charge is 0.479 e. The van der Waals surface area contributed by atoms with Gasteiger partial charge in [0.2, 0.25) is 5.88 Å². The maximum atomic E-state index is 5.84. The molecule has 0 aliphatic heterocycles. The van der Waals surface area contributed by atoms with Gasteiger partial charge in [-0.3, -0.25) is 0 Å². The van der Waals surface area contributed by atoms with Crippen LogP contribution in [0.2, 0.25) is 0 Å². The summed E-state index contributed by atoms with van der Waals surface area (Å²) in [6, 6.07) is 0. The van der Waals surface area contributed by atoms with E-state index in [1.807, 2.05) is 0 Å². The van der Waals surface area contributed by atoms with Crippen molar-refractivity contribution in [3.05, 3.63) is 6.33 Å². The number of nitrogens with two attached hydrogens (primary N) is 1. The lowest BCUT2D eigenvalue weighted by atomic mass is 9.98. The fourth-order valence-electron chi connectivity index (χ4n) is 1.18. The Morgan fingerprint density at radius 1 is 1.38 bits per heavy atom. The zero-order valence-corrected chi connectivity index (χ0v) is 10.3. The zero-order valence-electron chi connectivity index (χ0n) is 10.3. The fraction of sp³-hybridized carbons (Fsp3) is 0.636. The molecule has 1 atom stereocenters.